The predicted octanol–water partition coefficient (Wildman–Crippen LogP) is 2.78. The van der Waals surface area contributed by atoms with Gasteiger partial charge in [0.15, 0.2) is 5.65 Å². The van der Waals surface area contributed by atoms with Crippen molar-refractivity contribution in [3.8, 4) is 5.69 Å². The number of aryl methyl sites for hydroxylation is 1. The smallest absolute Gasteiger partial charge is 0.168 e. The third kappa shape index (κ3) is 4.05. The lowest BCUT2D eigenvalue weighted by atomic mass is 10.3. The van der Waals surface area contributed by atoms with Crippen molar-refractivity contribution < 1.29 is 4.74 Å². The Labute approximate surface area is 163 Å². The van der Waals surface area contributed by atoms with Gasteiger partial charge in [0.05, 0.1) is 30.5 Å². The van der Waals surface area contributed by atoms with E-state index in [0.29, 0.717) is 5.02 Å². The van der Waals surface area contributed by atoms with Crippen LogP contribution in [-0.2, 0) is 11.2 Å². The van der Waals surface area contributed by atoms with Crippen LogP contribution in [0.3, 0.4) is 0 Å². The van der Waals surface area contributed by atoms with Gasteiger partial charge in [-0.3, -0.25) is 4.90 Å². The summed E-state index contributed by atoms with van der Waals surface area (Å²) in [5.41, 5.74) is 1.73. The number of hydrogen-bond acceptors (Lipinski definition) is 6. The molecule has 3 aromatic rings. The summed E-state index contributed by atoms with van der Waals surface area (Å²) in [6.45, 7) is 7.42. The molecule has 0 radical (unpaired) electrons. The molecule has 1 saturated heterocycles. The van der Waals surface area contributed by atoms with Crippen LogP contribution in [-0.4, -0.2) is 64.0 Å². The molecule has 1 aliphatic heterocycles. The second kappa shape index (κ2) is 8.21. The van der Waals surface area contributed by atoms with E-state index < -0.39 is 0 Å². The van der Waals surface area contributed by atoms with Crippen molar-refractivity contribution >= 4 is 28.5 Å². The van der Waals surface area contributed by atoms with E-state index in [1.807, 2.05) is 35.1 Å². The van der Waals surface area contributed by atoms with Gasteiger partial charge < -0.3 is 10.1 Å². The first-order valence-corrected chi connectivity index (χ1v) is 9.67. The lowest BCUT2D eigenvalue weighted by Crippen LogP contribution is -2.39. The van der Waals surface area contributed by atoms with E-state index in [2.05, 4.69) is 27.2 Å². The van der Waals surface area contributed by atoms with Crippen LogP contribution in [0.1, 0.15) is 12.7 Å². The molecule has 7 nitrogen and oxygen atoms in total. The summed E-state index contributed by atoms with van der Waals surface area (Å²) in [4.78, 5) is 11.8. The molecule has 142 valence electrons. The first-order valence-electron chi connectivity index (χ1n) is 9.29. The number of halogens is 1. The monoisotopic (exact) mass is 386 g/mol. The second-order valence-corrected chi connectivity index (χ2v) is 6.93. The first kappa shape index (κ1) is 18.2. The molecule has 0 unspecified atom stereocenters. The molecule has 0 atom stereocenters. The molecule has 4 rings (SSSR count). The maximum Gasteiger partial charge on any atom is 0.168 e. The van der Waals surface area contributed by atoms with Crippen molar-refractivity contribution in [3.05, 3.63) is 41.3 Å². The minimum Gasteiger partial charge on any atom is -0.379 e. The molecule has 8 heteroatoms. The Bertz CT molecular complexity index is 904. The molecule has 2 aromatic heterocycles. The fourth-order valence-corrected chi connectivity index (χ4v) is 3.30. The Morgan fingerprint density at radius 1 is 1.15 bits per heavy atom. The molecular weight excluding hydrogens is 364 g/mol. The number of aromatic nitrogens is 4. The number of ether oxygens (including phenoxy) is 1. The normalized spacial score (nSPS) is 15.3. The number of fused-ring (bicyclic) bond motifs is 1. The van der Waals surface area contributed by atoms with Gasteiger partial charge in [-0.25, -0.2) is 14.6 Å². The van der Waals surface area contributed by atoms with Gasteiger partial charge in [-0.05, 0) is 24.3 Å². The van der Waals surface area contributed by atoms with Crippen molar-refractivity contribution in [2.75, 3.05) is 44.7 Å². The van der Waals surface area contributed by atoms with E-state index in [0.717, 1.165) is 74.2 Å². The number of benzene rings is 1. The zero-order chi connectivity index (χ0) is 18.6. The average Bonchev–Trinajstić information content (AvgIpc) is 3.13. The Morgan fingerprint density at radius 2 is 1.93 bits per heavy atom. The van der Waals surface area contributed by atoms with Crippen LogP contribution in [0.2, 0.25) is 5.02 Å². The fourth-order valence-electron chi connectivity index (χ4n) is 3.17. The van der Waals surface area contributed by atoms with Gasteiger partial charge in [0.1, 0.15) is 11.6 Å². The number of nitrogens with zero attached hydrogens (tertiary/aromatic N) is 5. The van der Waals surface area contributed by atoms with E-state index in [9.17, 15) is 0 Å². The lowest BCUT2D eigenvalue weighted by Gasteiger charge is -2.26. The highest BCUT2D eigenvalue weighted by Crippen LogP contribution is 2.23. The molecule has 0 amide bonds. The molecule has 1 N–H and O–H groups in total. The summed E-state index contributed by atoms with van der Waals surface area (Å²) in [5.74, 6) is 1.64. The molecule has 0 saturated carbocycles. The summed E-state index contributed by atoms with van der Waals surface area (Å²) in [6.07, 6.45) is 2.58. The van der Waals surface area contributed by atoms with E-state index >= 15 is 0 Å². The third-order valence-electron chi connectivity index (χ3n) is 4.69. The molecule has 1 aliphatic rings. The molecule has 0 bridgehead atoms. The SMILES string of the molecule is CCc1nc(NCCN2CCOCC2)c2cnn(-c3ccc(Cl)cc3)c2n1. The van der Waals surface area contributed by atoms with Crippen molar-refractivity contribution in [2.24, 2.45) is 0 Å². The maximum atomic E-state index is 6.01. The Kier molecular flexibility index (Phi) is 5.52. The van der Waals surface area contributed by atoms with E-state index in [1.54, 1.807) is 0 Å². The van der Waals surface area contributed by atoms with Gasteiger partial charge in [0.25, 0.3) is 0 Å². The Hall–Kier alpha value is -2.22. The van der Waals surface area contributed by atoms with E-state index in [4.69, 9.17) is 21.3 Å². The third-order valence-corrected chi connectivity index (χ3v) is 4.94. The van der Waals surface area contributed by atoms with Crippen LogP contribution < -0.4 is 5.32 Å². The van der Waals surface area contributed by atoms with Gasteiger partial charge in [0.2, 0.25) is 0 Å². The summed E-state index contributed by atoms with van der Waals surface area (Å²) in [6, 6.07) is 7.59. The van der Waals surface area contributed by atoms with Crippen LogP contribution in [0.4, 0.5) is 5.82 Å². The van der Waals surface area contributed by atoms with Gasteiger partial charge in [-0.1, -0.05) is 18.5 Å². The molecule has 0 aliphatic carbocycles. The molecule has 1 fully saturated rings. The van der Waals surface area contributed by atoms with Gasteiger partial charge in [-0.15, -0.1) is 0 Å². The van der Waals surface area contributed by atoms with Gasteiger partial charge in [0, 0.05) is 37.6 Å². The van der Waals surface area contributed by atoms with Crippen LogP contribution in [0.5, 0.6) is 0 Å². The number of hydrogen-bond donors (Lipinski definition) is 1. The van der Waals surface area contributed by atoms with Crippen LogP contribution in [0.15, 0.2) is 30.5 Å². The number of morpholine rings is 1. The molecule has 27 heavy (non-hydrogen) atoms. The largest absolute Gasteiger partial charge is 0.379 e. The summed E-state index contributed by atoms with van der Waals surface area (Å²) >= 11 is 6.01. The molecule has 0 spiro atoms. The number of nitrogens with one attached hydrogen (secondary N) is 1. The van der Waals surface area contributed by atoms with E-state index in [-0.39, 0.29) is 0 Å². The van der Waals surface area contributed by atoms with Crippen molar-refractivity contribution in [1.29, 1.82) is 0 Å². The van der Waals surface area contributed by atoms with E-state index in [1.165, 1.54) is 0 Å². The second-order valence-electron chi connectivity index (χ2n) is 6.49. The summed E-state index contributed by atoms with van der Waals surface area (Å²) < 4.78 is 7.24. The molecule has 3 heterocycles. The van der Waals surface area contributed by atoms with Crippen molar-refractivity contribution in [1.82, 2.24) is 24.6 Å². The van der Waals surface area contributed by atoms with Gasteiger partial charge in [-0.2, -0.15) is 5.10 Å². The highest BCUT2D eigenvalue weighted by Gasteiger charge is 2.14. The lowest BCUT2D eigenvalue weighted by molar-refractivity contribution is 0.0398. The minimum atomic E-state index is 0.699. The van der Waals surface area contributed by atoms with Crippen LogP contribution >= 0.6 is 11.6 Å². The number of rotatable bonds is 6. The summed E-state index contributed by atoms with van der Waals surface area (Å²) in [7, 11) is 0. The summed E-state index contributed by atoms with van der Waals surface area (Å²) in [5, 5.41) is 9.63. The zero-order valence-corrected chi connectivity index (χ0v) is 16.1. The highest BCUT2D eigenvalue weighted by molar-refractivity contribution is 6.30. The average molecular weight is 387 g/mol. The van der Waals surface area contributed by atoms with Crippen LogP contribution in [0, 0.1) is 0 Å². The quantitative estimate of drug-likeness (QED) is 0.702. The first-order chi connectivity index (χ1) is 13.2. The zero-order valence-electron chi connectivity index (χ0n) is 15.4. The van der Waals surface area contributed by atoms with Crippen LogP contribution in [0.25, 0.3) is 16.7 Å². The Morgan fingerprint density at radius 3 is 2.67 bits per heavy atom. The Balaban J connectivity index is 1.59. The molecule has 1 aromatic carbocycles. The standard InChI is InChI=1S/C19H23ClN6O/c1-2-17-23-18(21-7-8-25-9-11-27-12-10-25)16-13-22-26(19(16)24-17)15-5-3-14(20)4-6-15/h3-6,13H,2,7-12H2,1H3,(H,21,23,24). The maximum absolute atomic E-state index is 6.01. The van der Waals surface area contributed by atoms with Gasteiger partial charge >= 0.3 is 0 Å². The van der Waals surface area contributed by atoms with Crippen molar-refractivity contribution in [2.45, 2.75) is 13.3 Å². The van der Waals surface area contributed by atoms with Crippen molar-refractivity contribution in [3.63, 3.8) is 0 Å². The molecular formula is C19H23ClN6O. The predicted molar refractivity (Wildman–Crippen MR) is 107 cm³/mol. The topological polar surface area (TPSA) is 68.1 Å². The minimum absolute atomic E-state index is 0.699. The number of anilines is 1. The highest BCUT2D eigenvalue weighted by atomic mass is 35.5. The fraction of sp³-hybridized carbons (Fsp3) is 0.421.